The first-order valence-corrected chi connectivity index (χ1v) is 9.43. The minimum absolute atomic E-state index is 0.112. The summed E-state index contributed by atoms with van der Waals surface area (Å²) in [5, 5.41) is 10.5. The molecule has 0 amide bonds. The molecule has 5 rings (SSSR count). The molecule has 0 bridgehead atoms. The van der Waals surface area contributed by atoms with Crippen LogP contribution >= 0.6 is 0 Å². The smallest absolute Gasteiger partial charge is 0.267 e. The zero-order chi connectivity index (χ0) is 19.3. The van der Waals surface area contributed by atoms with E-state index in [0.29, 0.717) is 12.0 Å². The van der Waals surface area contributed by atoms with E-state index in [1.54, 1.807) is 12.1 Å². The zero-order valence-electron chi connectivity index (χ0n) is 15.0. The second kappa shape index (κ2) is 6.63. The lowest BCUT2D eigenvalue weighted by atomic mass is 9.73. The molecule has 0 saturated heterocycles. The fourth-order valence-electron chi connectivity index (χ4n) is 4.61. The highest BCUT2D eigenvalue weighted by molar-refractivity contribution is 5.46. The summed E-state index contributed by atoms with van der Waals surface area (Å²) in [6.07, 6.45) is -0.672. The highest BCUT2D eigenvalue weighted by Gasteiger charge is 2.42. The van der Waals surface area contributed by atoms with E-state index in [2.05, 4.69) is 15.5 Å². The van der Waals surface area contributed by atoms with E-state index in [4.69, 9.17) is 0 Å². The quantitative estimate of drug-likeness (QED) is 0.714. The maximum atomic E-state index is 14.4. The fourth-order valence-corrected chi connectivity index (χ4v) is 4.61. The van der Waals surface area contributed by atoms with Gasteiger partial charge in [-0.2, -0.15) is 5.10 Å². The number of H-pyrrole nitrogens is 1. The molecule has 6 heteroatoms. The summed E-state index contributed by atoms with van der Waals surface area (Å²) >= 11 is 0. The summed E-state index contributed by atoms with van der Waals surface area (Å²) in [6.45, 7) is 0. The van der Waals surface area contributed by atoms with Crippen molar-refractivity contribution in [1.29, 1.82) is 0 Å². The summed E-state index contributed by atoms with van der Waals surface area (Å²) in [7, 11) is 0. The third-order valence-electron chi connectivity index (χ3n) is 5.82. The molecule has 0 radical (unpaired) electrons. The Morgan fingerprint density at radius 2 is 1.75 bits per heavy atom. The van der Waals surface area contributed by atoms with Crippen molar-refractivity contribution in [2.24, 2.45) is 0 Å². The summed E-state index contributed by atoms with van der Waals surface area (Å²) in [4.78, 5) is 12.3. The van der Waals surface area contributed by atoms with Gasteiger partial charge in [0, 0.05) is 35.5 Å². The number of nitrogens with zero attached hydrogens (tertiary/aromatic N) is 1. The molecule has 142 valence electrons. The van der Waals surface area contributed by atoms with Crippen molar-refractivity contribution in [3.63, 3.8) is 0 Å². The highest BCUT2D eigenvalue weighted by Crippen LogP contribution is 2.47. The van der Waals surface area contributed by atoms with Crippen molar-refractivity contribution >= 4 is 0 Å². The Labute approximate surface area is 160 Å². The summed E-state index contributed by atoms with van der Waals surface area (Å²) in [6, 6.07) is 15.7. The number of alkyl halides is 1. The topological polar surface area (TPSA) is 57.8 Å². The Morgan fingerprint density at radius 3 is 2.50 bits per heavy atom. The average Bonchev–Trinajstić information content (AvgIpc) is 2.71. The predicted molar refractivity (Wildman–Crippen MR) is 101 cm³/mol. The summed E-state index contributed by atoms with van der Waals surface area (Å²) < 4.78 is 27.9. The van der Waals surface area contributed by atoms with Crippen molar-refractivity contribution in [3.8, 4) is 0 Å². The number of hydrogen-bond donors (Lipinski definition) is 2. The van der Waals surface area contributed by atoms with E-state index in [0.717, 1.165) is 22.4 Å². The molecule has 0 fully saturated rings. The minimum atomic E-state index is -1.08. The van der Waals surface area contributed by atoms with Gasteiger partial charge in [0.05, 0.1) is 5.69 Å². The third kappa shape index (κ3) is 2.76. The van der Waals surface area contributed by atoms with Crippen LogP contribution in [0.3, 0.4) is 0 Å². The van der Waals surface area contributed by atoms with Crippen LogP contribution in [0.4, 0.5) is 8.78 Å². The Balaban J connectivity index is 1.73. The lowest BCUT2D eigenvalue weighted by Crippen LogP contribution is -2.44. The summed E-state index contributed by atoms with van der Waals surface area (Å²) in [5.74, 6) is -0.480. The molecule has 2 heterocycles. The normalized spacial score (nSPS) is 25.9. The first kappa shape index (κ1) is 17.3. The largest absolute Gasteiger partial charge is 0.302 e. The van der Waals surface area contributed by atoms with Crippen LogP contribution in [0.15, 0.2) is 59.4 Å². The van der Waals surface area contributed by atoms with Crippen molar-refractivity contribution in [1.82, 2.24) is 15.5 Å². The first-order valence-electron chi connectivity index (χ1n) is 9.43. The van der Waals surface area contributed by atoms with Crippen LogP contribution in [-0.2, 0) is 6.42 Å². The number of halogens is 2. The van der Waals surface area contributed by atoms with Crippen molar-refractivity contribution < 1.29 is 8.78 Å². The van der Waals surface area contributed by atoms with Crippen LogP contribution < -0.4 is 10.9 Å². The van der Waals surface area contributed by atoms with Gasteiger partial charge in [0.1, 0.15) is 12.0 Å². The Morgan fingerprint density at radius 1 is 1.00 bits per heavy atom. The monoisotopic (exact) mass is 379 g/mol. The van der Waals surface area contributed by atoms with Crippen LogP contribution in [0.1, 0.15) is 52.4 Å². The fraction of sp³-hybridized carbons (Fsp3) is 0.273. The maximum Gasteiger partial charge on any atom is 0.267 e. The molecule has 0 spiro atoms. The molecule has 2 aromatic carbocycles. The van der Waals surface area contributed by atoms with E-state index in [1.165, 1.54) is 12.1 Å². The molecule has 2 unspecified atom stereocenters. The van der Waals surface area contributed by atoms with Crippen LogP contribution in [0.5, 0.6) is 0 Å². The van der Waals surface area contributed by atoms with E-state index in [1.807, 2.05) is 30.3 Å². The molecule has 2 aliphatic rings. The van der Waals surface area contributed by atoms with Gasteiger partial charge in [-0.3, -0.25) is 4.79 Å². The molecule has 1 aliphatic carbocycles. The van der Waals surface area contributed by atoms with Crippen LogP contribution in [0, 0.1) is 5.82 Å². The Bertz CT molecular complexity index is 1070. The standard InChI is InChI=1S/C22H19F2N3O/c23-14-8-6-13(7-9-14)20-18(12-4-2-1-3-5-12)21-19-16(22(28)27-26-21)10-15(24)11-17(19)25-20/h1-9,15,17-18,20,25H,10-11H2,(H,27,28)/t15?,17?,18-,20-/m0/s1. The molecular weight excluding hydrogens is 360 g/mol. The molecule has 1 aliphatic heterocycles. The van der Waals surface area contributed by atoms with Gasteiger partial charge in [0.2, 0.25) is 0 Å². The third-order valence-corrected chi connectivity index (χ3v) is 5.82. The summed E-state index contributed by atoms with van der Waals surface area (Å²) in [5.41, 5.74) is 3.69. The van der Waals surface area contributed by atoms with Gasteiger partial charge < -0.3 is 5.32 Å². The lowest BCUT2D eigenvalue weighted by molar-refractivity contribution is 0.232. The molecule has 4 nitrogen and oxygen atoms in total. The lowest BCUT2D eigenvalue weighted by Gasteiger charge is -2.42. The van der Waals surface area contributed by atoms with Gasteiger partial charge in [-0.05, 0) is 29.7 Å². The van der Waals surface area contributed by atoms with E-state index >= 15 is 0 Å². The number of hydrogen-bond acceptors (Lipinski definition) is 3. The van der Waals surface area contributed by atoms with E-state index in [9.17, 15) is 13.6 Å². The van der Waals surface area contributed by atoms with Crippen LogP contribution in [-0.4, -0.2) is 16.4 Å². The van der Waals surface area contributed by atoms with E-state index in [-0.39, 0.29) is 35.8 Å². The van der Waals surface area contributed by atoms with Gasteiger partial charge in [-0.15, -0.1) is 0 Å². The number of rotatable bonds is 2. The molecule has 0 saturated carbocycles. The van der Waals surface area contributed by atoms with Gasteiger partial charge in [0.15, 0.2) is 0 Å². The van der Waals surface area contributed by atoms with Gasteiger partial charge in [0.25, 0.3) is 5.56 Å². The molecule has 2 N–H and O–H groups in total. The van der Waals surface area contributed by atoms with E-state index < -0.39 is 6.17 Å². The van der Waals surface area contributed by atoms with Crippen LogP contribution in [0.25, 0.3) is 0 Å². The van der Waals surface area contributed by atoms with Crippen molar-refractivity contribution in [2.75, 3.05) is 0 Å². The second-order valence-electron chi connectivity index (χ2n) is 7.50. The number of aromatic amines is 1. The first-order chi connectivity index (χ1) is 13.6. The molecule has 1 aromatic heterocycles. The molecule has 3 aromatic rings. The Kier molecular flexibility index (Phi) is 4.09. The van der Waals surface area contributed by atoms with Gasteiger partial charge in [-0.25, -0.2) is 13.9 Å². The SMILES string of the molecule is O=c1[nH]nc2c3c1CC(F)CC3N[C@@H](c1ccc(F)cc1)[C@@H]2c1ccccc1. The molecule has 28 heavy (non-hydrogen) atoms. The van der Waals surface area contributed by atoms with Gasteiger partial charge in [-0.1, -0.05) is 42.5 Å². The number of benzene rings is 2. The van der Waals surface area contributed by atoms with Gasteiger partial charge >= 0.3 is 0 Å². The van der Waals surface area contributed by atoms with Crippen molar-refractivity contribution in [2.45, 2.75) is 37.0 Å². The molecular formula is C22H19F2N3O. The highest BCUT2D eigenvalue weighted by atomic mass is 19.1. The second-order valence-corrected chi connectivity index (χ2v) is 7.50. The maximum absolute atomic E-state index is 14.4. The van der Waals surface area contributed by atoms with Crippen molar-refractivity contribution in [3.05, 3.63) is 98.7 Å². The molecule has 4 atom stereocenters. The Hall–Kier alpha value is -2.86. The number of aromatic nitrogens is 2. The zero-order valence-corrected chi connectivity index (χ0v) is 15.0. The van der Waals surface area contributed by atoms with Crippen LogP contribution in [0.2, 0.25) is 0 Å². The number of nitrogens with one attached hydrogen (secondary N) is 2. The minimum Gasteiger partial charge on any atom is -0.302 e. The predicted octanol–water partition coefficient (Wildman–Crippen LogP) is 3.71. The average molecular weight is 379 g/mol.